The number of para-hydroxylation sites is 1. The number of rotatable bonds is 6. The van der Waals surface area contributed by atoms with Crippen LogP contribution in [0.3, 0.4) is 0 Å². The summed E-state index contributed by atoms with van der Waals surface area (Å²) < 4.78 is 1.55. The molecule has 3 heterocycles. The Labute approximate surface area is 192 Å². The number of piperazine rings is 2. The van der Waals surface area contributed by atoms with Gasteiger partial charge < -0.3 is 24.6 Å². The fourth-order valence-electron chi connectivity index (χ4n) is 4.95. The molecule has 2 aromatic rings. The Kier molecular flexibility index (Phi) is 6.68. The van der Waals surface area contributed by atoms with Gasteiger partial charge in [0.25, 0.3) is 0 Å². The molecule has 1 aromatic heterocycles. The molecule has 1 unspecified atom stereocenters. The highest BCUT2D eigenvalue weighted by molar-refractivity contribution is 6.01. The molecular formula is C23H31N5O5. The smallest absolute Gasteiger partial charge is 0.352 e. The molecule has 2 saturated heterocycles. The number of carbonyl (C=O) groups excluding carboxylic acids is 1. The Balaban J connectivity index is 1.50. The van der Waals surface area contributed by atoms with E-state index in [9.17, 15) is 24.6 Å². The second-order valence-corrected chi connectivity index (χ2v) is 8.88. The van der Waals surface area contributed by atoms with Crippen LogP contribution in [0.4, 0.5) is 0 Å². The van der Waals surface area contributed by atoms with Crippen molar-refractivity contribution in [3.05, 3.63) is 35.5 Å². The molecular weight excluding hydrogens is 426 g/mol. The van der Waals surface area contributed by atoms with Gasteiger partial charge in [0, 0.05) is 75.9 Å². The van der Waals surface area contributed by atoms with Crippen molar-refractivity contribution in [2.75, 3.05) is 66.0 Å². The predicted molar refractivity (Wildman–Crippen MR) is 122 cm³/mol. The summed E-state index contributed by atoms with van der Waals surface area (Å²) in [6, 6.07) is 6.10. The third kappa shape index (κ3) is 4.59. The Morgan fingerprint density at radius 2 is 1.55 bits per heavy atom. The number of nitrogens with zero attached hydrogens (tertiary/aromatic N) is 5. The normalized spacial score (nSPS) is 19.6. The van der Waals surface area contributed by atoms with Crippen LogP contribution in [0.2, 0.25) is 0 Å². The molecule has 0 spiro atoms. The van der Waals surface area contributed by atoms with Gasteiger partial charge in [-0.05, 0) is 13.1 Å². The molecule has 1 amide bonds. The van der Waals surface area contributed by atoms with E-state index in [0.717, 1.165) is 26.2 Å². The Morgan fingerprint density at radius 3 is 2.15 bits per heavy atom. The number of aryl methyl sites for hydroxylation is 1. The van der Waals surface area contributed by atoms with Crippen LogP contribution in [-0.2, 0) is 16.6 Å². The highest BCUT2D eigenvalue weighted by Crippen LogP contribution is 2.34. The number of carbonyl (C=O) groups is 3. The molecule has 0 aliphatic carbocycles. The van der Waals surface area contributed by atoms with Crippen molar-refractivity contribution in [1.82, 2.24) is 24.2 Å². The predicted octanol–water partition coefficient (Wildman–Crippen LogP) is 0.394. The number of hydrogen-bond acceptors (Lipinski definition) is 6. The summed E-state index contributed by atoms with van der Waals surface area (Å²) in [7, 11) is 3.70. The van der Waals surface area contributed by atoms with Crippen molar-refractivity contribution < 1.29 is 24.6 Å². The van der Waals surface area contributed by atoms with Crippen molar-refractivity contribution in [2.45, 2.75) is 6.04 Å². The van der Waals surface area contributed by atoms with E-state index in [1.54, 1.807) is 29.8 Å². The van der Waals surface area contributed by atoms with Gasteiger partial charge in [0.2, 0.25) is 5.91 Å². The second kappa shape index (κ2) is 9.50. The molecule has 1 aromatic carbocycles. The van der Waals surface area contributed by atoms with Gasteiger partial charge >= 0.3 is 11.9 Å². The summed E-state index contributed by atoms with van der Waals surface area (Å²) in [6.07, 6.45) is 0. The fourth-order valence-corrected chi connectivity index (χ4v) is 4.95. The van der Waals surface area contributed by atoms with Crippen LogP contribution in [0.5, 0.6) is 0 Å². The standard InChI is InChI=1S/C23H31N5O5/c1-24-7-11-27(12-8-24)18(29)15-26-9-13-28(14-10-26)21(23(32)33)19-16-5-3-4-6-17(16)25(2)20(19)22(30)31/h3-6,21H,7-15H2,1-2H3,(H,30,31)(H,32,33). The molecule has 2 aliphatic rings. The van der Waals surface area contributed by atoms with E-state index in [-0.39, 0.29) is 11.6 Å². The summed E-state index contributed by atoms with van der Waals surface area (Å²) in [5.41, 5.74) is 0.999. The molecule has 2 fully saturated rings. The minimum absolute atomic E-state index is 0.00345. The Bertz CT molecular complexity index is 1050. The Morgan fingerprint density at radius 1 is 0.909 bits per heavy atom. The third-order valence-electron chi connectivity index (χ3n) is 6.84. The van der Waals surface area contributed by atoms with E-state index in [2.05, 4.69) is 9.80 Å². The van der Waals surface area contributed by atoms with Gasteiger partial charge in [-0.2, -0.15) is 0 Å². The van der Waals surface area contributed by atoms with E-state index in [4.69, 9.17) is 0 Å². The lowest BCUT2D eigenvalue weighted by atomic mass is 10.00. The molecule has 0 radical (unpaired) electrons. The van der Waals surface area contributed by atoms with E-state index >= 15 is 0 Å². The summed E-state index contributed by atoms with van der Waals surface area (Å²) >= 11 is 0. The van der Waals surface area contributed by atoms with E-state index < -0.39 is 18.0 Å². The third-order valence-corrected chi connectivity index (χ3v) is 6.84. The molecule has 0 saturated carbocycles. The maximum Gasteiger partial charge on any atom is 0.352 e. The number of likely N-dealkylation sites (N-methyl/N-ethyl adjacent to an activating group) is 1. The van der Waals surface area contributed by atoms with Crippen molar-refractivity contribution in [1.29, 1.82) is 0 Å². The molecule has 0 bridgehead atoms. The molecule has 10 nitrogen and oxygen atoms in total. The van der Waals surface area contributed by atoms with Gasteiger partial charge in [-0.1, -0.05) is 18.2 Å². The Hall–Kier alpha value is -2.95. The summed E-state index contributed by atoms with van der Waals surface area (Å²) in [6.45, 7) is 5.51. The van der Waals surface area contributed by atoms with Crippen molar-refractivity contribution in [2.24, 2.45) is 7.05 Å². The lowest BCUT2D eigenvalue weighted by molar-refractivity contribution is -0.145. The van der Waals surface area contributed by atoms with Gasteiger partial charge in [0.15, 0.2) is 0 Å². The molecule has 2 N–H and O–H groups in total. The minimum Gasteiger partial charge on any atom is -0.480 e. The summed E-state index contributed by atoms with van der Waals surface area (Å²) in [5.74, 6) is -2.12. The molecule has 4 rings (SSSR count). The van der Waals surface area contributed by atoms with Crippen LogP contribution < -0.4 is 0 Å². The number of carboxylic acid groups (broad SMARTS) is 2. The minimum atomic E-state index is -1.15. The van der Waals surface area contributed by atoms with Gasteiger partial charge in [-0.25, -0.2) is 4.79 Å². The van der Waals surface area contributed by atoms with E-state index in [0.29, 0.717) is 49.2 Å². The number of fused-ring (bicyclic) bond motifs is 1. The highest BCUT2D eigenvalue weighted by atomic mass is 16.4. The number of aromatic carboxylic acids is 1. The average Bonchev–Trinajstić information content (AvgIpc) is 3.08. The summed E-state index contributed by atoms with van der Waals surface area (Å²) in [4.78, 5) is 45.1. The quantitative estimate of drug-likeness (QED) is 0.641. The molecule has 33 heavy (non-hydrogen) atoms. The number of aromatic nitrogens is 1. The average molecular weight is 458 g/mol. The molecule has 1 atom stereocenters. The molecule has 10 heteroatoms. The summed E-state index contributed by atoms with van der Waals surface area (Å²) in [5, 5.41) is 20.6. The zero-order valence-corrected chi connectivity index (χ0v) is 19.1. The number of amides is 1. The SMILES string of the molecule is CN1CCN(C(=O)CN2CCN(C(C(=O)O)c3c(C(=O)O)n(C)c4ccccc34)CC2)CC1. The number of carboxylic acids is 2. The van der Waals surface area contributed by atoms with Gasteiger partial charge in [0.05, 0.1) is 6.54 Å². The lowest BCUT2D eigenvalue weighted by Crippen LogP contribution is -2.54. The largest absolute Gasteiger partial charge is 0.480 e. The first-order chi connectivity index (χ1) is 15.8. The zero-order chi connectivity index (χ0) is 23.7. The van der Waals surface area contributed by atoms with Crippen LogP contribution >= 0.6 is 0 Å². The van der Waals surface area contributed by atoms with Gasteiger partial charge in [0.1, 0.15) is 11.7 Å². The maximum absolute atomic E-state index is 12.7. The van der Waals surface area contributed by atoms with Crippen LogP contribution in [0.1, 0.15) is 22.1 Å². The number of benzene rings is 1. The lowest BCUT2D eigenvalue weighted by Gasteiger charge is -2.39. The zero-order valence-electron chi connectivity index (χ0n) is 19.1. The van der Waals surface area contributed by atoms with Gasteiger partial charge in [-0.15, -0.1) is 0 Å². The van der Waals surface area contributed by atoms with E-state index in [1.807, 2.05) is 22.9 Å². The second-order valence-electron chi connectivity index (χ2n) is 8.88. The fraction of sp³-hybridized carbons (Fsp3) is 0.522. The van der Waals surface area contributed by atoms with Crippen LogP contribution in [0, 0.1) is 0 Å². The topological polar surface area (TPSA) is 110 Å². The van der Waals surface area contributed by atoms with Crippen LogP contribution in [0.15, 0.2) is 24.3 Å². The first-order valence-corrected chi connectivity index (χ1v) is 11.2. The first-order valence-electron chi connectivity index (χ1n) is 11.2. The molecule has 178 valence electrons. The highest BCUT2D eigenvalue weighted by Gasteiger charge is 2.37. The van der Waals surface area contributed by atoms with Gasteiger partial charge in [-0.3, -0.25) is 19.4 Å². The monoisotopic (exact) mass is 457 g/mol. The molecule has 2 aliphatic heterocycles. The van der Waals surface area contributed by atoms with Crippen LogP contribution in [-0.4, -0.2) is 118 Å². The number of aliphatic carboxylic acids is 1. The van der Waals surface area contributed by atoms with E-state index in [1.165, 1.54) is 0 Å². The maximum atomic E-state index is 12.7. The van der Waals surface area contributed by atoms with Crippen molar-refractivity contribution >= 4 is 28.7 Å². The number of hydrogen-bond donors (Lipinski definition) is 2. The first kappa shape index (κ1) is 23.2. The van der Waals surface area contributed by atoms with Crippen molar-refractivity contribution in [3.8, 4) is 0 Å². The van der Waals surface area contributed by atoms with Crippen molar-refractivity contribution in [3.63, 3.8) is 0 Å². The van der Waals surface area contributed by atoms with Crippen LogP contribution in [0.25, 0.3) is 10.9 Å².